The second kappa shape index (κ2) is 5.81. The molecule has 1 saturated heterocycles. The fraction of sp³-hybridized carbons (Fsp3) is 0.462. The van der Waals surface area contributed by atoms with Gasteiger partial charge in [-0.2, -0.15) is 0 Å². The average Bonchev–Trinajstić information content (AvgIpc) is 2.74. The topological polar surface area (TPSA) is 29.5 Å². The first kappa shape index (κ1) is 13.5. The Labute approximate surface area is 117 Å². The van der Waals surface area contributed by atoms with E-state index < -0.39 is 0 Å². The van der Waals surface area contributed by atoms with E-state index in [0.29, 0.717) is 21.7 Å². The van der Waals surface area contributed by atoms with Crippen LogP contribution in [-0.2, 0) is 4.79 Å². The van der Waals surface area contributed by atoms with Gasteiger partial charge in [-0.15, -0.1) is 0 Å². The van der Waals surface area contributed by atoms with Crippen LogP contribution in [0.5, 0.6) is 5.75 Å². The fourth-order valence-corrected chi connectivity index (χ4v) is 2.45. The van der Waals surface area contributed by atoms with Gasteiger partial charge in [0, 0.05) is 18.1 Å². The van der Waals surface area contributed by atoms with Crippen LogP contribution in [0.3, 0.4) is 0 Å². The molecule has 0 aromatic heterocycles. The summed E-state index contributed by atoms with van der Waals surface area (Å²) in [5.41, 5.74) is 0. The van der Waals surface area contributed by atoms with Crippen LogP contribution in [0.15, 0.2) is 18.2 Å². The van der Waals surface area contributed by atoms with Gasteiger partial charge in [-0.05, 0) is 30.5 Å². The molecule has 1 unspecified atom stereocenters. The van der Waals surface area contributed by atoms with E-state index in [4.69, 9.17) is 27.9 Å². The standard InChI is InChI=1S/C13H15Cl2NO2/c1-9-4-5-16(7-9)13(17)8-18-12-3-2-10(14)6-11(12)15/h2-3,6,9H,4-5,7-8H2,1H3. The summed E-state index contributed by atoms with van der Waals surface area (Å²) < 4.78 is 5.42. The van der Waals surface area contributed by atoms with Gasteiger partial charge in [-0.1, -0.05) is 30.1 Å². The Hall–Kier alpha value is -0.930. The van der Waals surface area contributed by atoms with E-state index >= 15 is 0 Å². The van der Waals surface area contributed by atoms with Gasteiger partial charge >= 0.3 is 0 Å². The molecule has 1 fully saturated rings. The molecular formula is C13H15Cl2NO2. The summed E-state index contributed by atoms with van der Waals surface area (Å²) in [4.78, 5) is 13.7. The van der Waals surface area contributed by atoms with E-state index in [-0.39, 0.29) is 12.5 Å². The number of ether oxygens (including phenoxy) is 1. The summed E-state index contributed by atoms with van der Waals surface area (Å²) in [5, 5.41) is 0.970. The van der Waals surface area contributed by atoms with Crippen molar-refractivity contribution in [2.75, 3.05) is 19.7 Å². The number of likely N-dealkylation sites (tertiary alicyclic amines) is 1. The Morgan fingerprint density at radius 2 is 2.28 bits per heavy atom. The largest absolute Gasteiger partial charge is 0.482 e. The van der Waals surface area contributed by atoms with Gasteiger partial charge in [-0.3, -0.25) is 4.79 Å². The Balaban J connectivity index is 1.89. The van der Waals surface area contributed by atoms with Gasteiger partial charge in [-0.25, -0.2) is 0 Å². The lowest BCUT2D eigenvalue weighted by molar-refractivity contribution is -0.132. The Kier molecular flexibility index (Phi) is 4.36. The molecule has 0 bridgehead atoms. The van der Waals surface area contributed by atoms with E-state index in [1.807, 2.05) is 4.90 Å². The third kappa shape index (κ3) is 3.30. The number of nitrogens with zero attached hydrogens (tertiary/aromatic N) is 1. The predicted octanol–water partition coefficient (Wildman–Crippen LogP) is 3.24. The zero-order valence-corrected chi connectivity index (χ0v) is 11.7. The van der Waals surface area contributed by atoms with Crippen molar-refractivity contribution in [3.05, 3.63) is 28.2 Å². The SMILES string of the molecule is CC1CCN(C(=O)COc2ccc(Cl)cc2Cl)C1. The number of halogens is 2. The van der Waals surface area contributed by atoms with Crippen LogP contribution in [0.2, 0.25) is 10.0 Å². The molecule has 1 atom stereocenters. The molecule has 1 aromatic rings. The van der Waals surface area contributed by atoms with Crippen molar-refractivity contribution in [2.24, 2.45) is 5.92 Å². The monoisotopic (exact) mass is 287 g/mol. The smallest absolute Gasteiger partial charge is 0.260 e. The summed E-state index contributed by atoms with van der Waals surface area (Å²) in [7, 11) is 0. The third-order valence-corrected chi connectivity index (χ3v) is 3.55. The molecule has 2 rings (SSSR count). The highest BCUT2D eigenvalue weighted by molar-refractivity contribution is 6.35. The molecule has 0 spiro atoms. The van der Waals surface area contributed by atoms with Gasteiger partial charge < -0.3 is 9.64 Å². The summed E-state index contributed by atoms with van der Waals surface area (Å²) >= 11 is 11.7. The zero-order valence-electron chi connectivity index (χ0n) is 10.2. The first-order valence-corrected chi connectivity index (χ1v) is 6.67. The molecule has 0 saturated carbocycles. The lowest BCUT2D eigenvalue weighted by Gasteiger charge is -2.16. The molecule has 18 heavy (non-hydrogen) atoms. The molecule has 0 N–H and O–H groups in total. The molecule has 1 aliphatic rings. The van der Waals surface area contributed by atoms with Crippen molar-refractivity contribution in [3.8, 4) is 5.75 Å². The van der Waals surface area contributed by atoms with Crippen LogP contribution in [0.1, 0.15) is 13.3 Å². The minimum Gasteiger partial charge on any atom is -0.482 e. The van der Waals surface area contributed by atoms with Crippen molar-refractivity contribution in [1.82, 2.24) is 4.90 Å². The van der Waals surface area contributed by atoms with Gasteiger partial charge in [0.25, 0.3) is 5.91 Å². The molecule has 5 heteroatoms. The zero-order chi connectivity index (χ0) is 13.1. The highest BCUT2D eigenvalue weighted by Gasteiger charge is 2.23. The van der Waals surface area contributed by atoms with E-state index in [1.54, 1.807) is 18.2 Å². The van der Waals surface area contributed by atoms with Crippen molar-refractivity contribution < 1.29 is 9.53 Å². The van der Waals surface area contributed by atoms with Crippen molar-refractivity contribution in [2.45, 2.75) is 13.3 Å². The summed E-state index contributed by atoms with van der Waals surface area (Å²) in [6.07, 6.45) is 1.06. The average molecular weight is 288 g/mol. The lowest BCUT2D eigenvalue weighted by Crippen LogP contribution is -2.32. The van der Waals surface area contributed by atoms with Gasteiger partial charge in [0.1, 0.15) is 5.75 Å². The maximum absolute atomic E-state index is 11.9. The molecule has 0 radical (unpaired) electrons. The van der Waals surface area contributed by atoms with Crippen molar-refractivity contribution >= 4 is 29.1 Å². The Morgan fingerprint density at radius 3 is 2.89 bits per heavy atom. The highest BCUT2D eigenvalue weighted by atomic mass is 35.5. The summed E-state index contributed by atoms with van der Waals surface area (Å²) in [5.74, 6) is 1.07. The van der Waals surface area contributed by atoms with Crippen molar-refractivity contribution in [3.63, 3.8) is 0 Å². The molecular weight excluding hydrogens is 273 g/mol. The van der Waals surface area contributed by atoms with Crippen LogP contribution in [0, 0.1) is 5.92 Å². The maximum atomic E-state index is 11.9. The fourth-order valence-electron chi connectivity index (χ4n) is 1.98. The summed E-state index contributed by atoms with van der Waals surface area (Å²) in [6.45, 7) is 3.80. The normalized spacial score (nSPS) is 19.1. The maximum Gasteiger partial charge on any atom is 0.260 e. The minimum absolute atomic E-state index is 0.00497. The number of amides is 1. The molecule has 1 heterocycles. The Morgan fingerprint density at radius 1 is 1.50 bits per heavy atom. The number of carbonyl (C=O) groups excluding carboxylic acids is 1. The number of carbonyl (C=O) groups is 1. The van der Waals surface area contributed by atoms with E-state index in [2.05, 4.69) is 6.92 Å². The molecule has 3 nitrogen and oxygen atoms in total. The van der Waals surface area contributed by atoms with Gasteiger partial charge in [0.05, 0.1) is 5.02 Å². The predicted molar refractivity (Wildman–Crippen MR) is 72.3 cm³/mol. The highest BCUT2D eigenvalue weighted by Crippen LogP contribution is 2.27. The van der Waals surface area contributed by atoms with E-state index in [9.17, 15) is 4.79 Å². The van der Waals surface area contributed by atoms with Gasteiger partial charge in [0.15, 0.2) is 6.61 Å². The second-order valence-corrected chi connectivity index (χ2v) is 5.44. The van der Waals surface area contributed by atoms with E-state index in [1.165, 1.54) is 0 Å². The molecule has 1 aliphatic heterocycles. The minimum atomic E-state index is 0.00497. The lowest BCUT2D eigenvalue weighted by atomic mass is 10.2. The van der Waals surface area contributed by atoms with Crippen molar-refractivity contribution in [1.29, 1.82) is 0 Å². The molecule has 1 amide bonds. The van der Waals surface area contributed by atoms with Gasteiger partial charge in [0.2, 0.25) is 0 Å². The van der Waals surface area contributed by atoms with Crippen LogP contribution in [0.25, 0.3) is 0 Å². The van der Waals surface area contributed by atoms with E-state index in [0.717, 1.165) is 19.5 Å². The number of hydrogen-bond donors (Lipinski definition) is 0. The molecule has 0 aliphatic carbocycles. The van der Waals surface area contributed by atoms with Crippen LogP contribution >= 0.6 is 23.2 Å². The van der Waals surface area contributed by atoms with Crippen LogP contribution in [0.4, 0.5) is 0 Å². The molecule has 98 valence electrons. The third-order valence-electron chi connectivity index (χ3n) is 3.02. The number of rotatable bonds is 3. The second-order valence-electron chi connectivity index (χ2n) is 4.60. The van der Waals surface area contributed by atoms with Crippen LogP contribution < -0.4 is 4.74 Å². The number of benzene rings is 1. The quantitative estimate of drug-likeness (QED) is 0.854. The first-order chi connectivity index (χ1) is 8.56. The Bertz CT molecular complexity index is 451. The first-order valence-electron chi connectivity index (χ1n) is 5.92. The van der Waals surface area contributed by atoms with Crippen LogP contribution in [-0.4, -0.2) is 30.5 Å². The number of hydrogen-bond acceptors (Lipinski definition) is 2. The summed E-state index contributed by atoms with van der Waals surface area (Å²) in [6, 6.07) is 4.95. The molecule has 1 aromatic carbocycles.